The molecule has 1 amide bonds. The second-order valence-corrected chi connectivity index (χ2v) is 3.58. The van der Waals surface area contributed by atoms with Crippen LogP contribution < -0.4 is 0 Å². The Morgan fingerprint density at radius 2 is 2.36 bits per heavy atom. The van der Waals surface area contributed by atoms with Gasteiger partial charge in [0, 0.05) is 26.2 Å². The Kier molecular flexibility index (Phi) is 4.10. The first-order valence-corrected chi connectivity index (χ1v) is 4.91. The van der Waals surface area contributed by atoms with Crippen LogP contribution >= 0.6 is 0 Å². The van der Waals surface area contributed by atoms with Gasteiger partial charge in [0.1, 0.15) is 0 Å². The molecular weight excluding hydrogens is 180 g/mol. The molecule has 0 aromatic carbocycles. The van der Waals surface area contributed by atoms with Crippen molar-refractivity contribution in [1.82, 2.24) is 9.80 Å². The molecule has 1 aliphatic rings. The largest absolute Gasteiger partial charge is 0.396 e. The van der Waals surface area contributed by atoms with Gasteiger partial charge in [0.05, 0.1) is 6.04 Å². The molecule has 1 aliphatic heterocycles. The van der Waals surface area contributed by atoms with E-state index >= 15 is 0 Å². The normalized spacial score (nSPS) is 24.0. The summed E-state index contributed by atoms with van der Waals surface area (Å²) < 4.78 is 0. The maximum Gasteiger partial charge on any atom is 0.240 e. The van der Waals surface area contributed by atoms with E-state index in [1.165, 1.54) is 0 Å². The van der Waals surface area contributed by atoms with Crippen LogP contribution in [0.5, 0.6) is 0 Å². The Morgan fingerprint density at radius 1 is 1.64 bits per heavy atom. The molecule has 80 valence electrons. The number of carbonyl (C=O) groups is 1. The molecule has 0 aromatic rings. The summed E-state index contributed by atoms with van der Waals surface area (Å²) in [6.45, 7) is 5.90. The van der Waals surface area contributed by atoms with Crippen molar-refractivity contribution in [2.45, 2.75) is 12.5 Å². The SMILES string of the molecule is C=CCN1CCN(C)C(CCO)C1=O. The zero-order valence-corrected chi connectivity index (χ0v) is 8.65. The van der Waals surface area contributed by atoms with Gasteiger partial charge in [0.25, 0.3) is 0 Å². The van der Waals surface area contributed by atoms with E-state index in [0.717, 1.165) is 13.1 Å². The smallest absolute Gasteiger partial charge is 0.240 e. The van der Waals surface area contributed by atoms with E-state index in [9.17, 15) is 4.79 Å². The molecule has 0 saturated carbocycles. The van der Waals surface area contributed by atoms with E-state index in [0.29, 0.717) is 13.0 Å². The van der Waals surface area contributed by atoms with Crippen LogP contribution in [-0.4, -0.2) is 60.1 Å². The van der Waals surface area contributed by atoms with Gasteiger partial charge in [-0.3, -0.25) is 9.69 Å². The number of amides is 1. The van der Waals surface area contributed by atoms with E-state index in [4.69, 9.17) is 5.11 Å². The highest BCUT2D eigenvalue weighted by molar-refractivity contribution is 5.82. The summed E-state index contributed by atoms with van der Waals surface area (Å²) in [4.78, 5) is 15.6. The summed E-state index contributed by atoms with van der Waals surface area (Å²) >= 11 is 0. The number of aliphatic hydroxyl groups is 1. The predicted octanol–water partition coefficient (Wildman–Crippen LogP) is -0.303. The molecule has 1 saturated heterocycles. The number of likely N-dealkylation sites (N-methyl/N-ethyl adjacent to an activating group) is 1. The topological polar surface area (TPSA) is 43.8 Å². The predicted molar refractivity (Wildman–Crippen MR) is 54.9 cm³/mol. The third kappa shape index (κ3) is 2.33. The summed E-state index contributed by atoms with van der Waals surface area (Å²) in [5, 5.41) is 8.85. The highest BCUT2D eigenvalue weighted by Gasteiger charge is 2.31. The van der Waals surface area contributed by atoms with Crippen LogP contribution in [0.25, 0.3) is 0 Å². The van der Waals surface area contributed by atoms with Crippen LogP contribution in [0.15, 0.2) is 12.7 Å². The Bertz CT molecular complexity index is 218. The van der Waals surface area contributed by atoms with Gasteiger partial charge in [0.15, 0.2) is 0 Å². The van der Waals surface area contributed by atoms with Crippen molar-refractivity contribution in [3.63, 3.8) is 0 Å². The van der Waals surface area contributed by atoms with Crippen molar-refractivity contribution >= 4 is 5.91 Å². The van der Waals surface area contributed by atoms with Crippen molar-refractivity contribution in [3.05, 3.63) is 12.7 Å². The van der Waals surface area contributed by atoms with Crippen LogP contribution in [0.4, 0.5) is 0 Å². The molecule has 4 nitrogen and oxygen atoms in total. The minimum atomic E-state index is -0.159. The molecule has 1 unspecified atom stereocenters. The Morgan fingerprint density at radius 3 is 2.93 bits per heavy atom. The van der Waals surface area contributed by atoms with Gasteiger partial charge in [-0.2, -0.15) is 0 Å². The quantitative estimate of drug-likeness (QED) is 0.631. The number of hydrogen-bond donors (Lipinski definition) is 1. The van der Waals surface area contributed by atoms with Crippen LogP contribution in [0.3, 0.4) is 0 Å². The Labute approximate surface area is 84.8 Å². The second kappa shape index (κ2) is 5.12. The summed E-state index contributed by atoms with van der Waals surface area (Å²) in [7, 11) is 1.92. The lowest BCUT2D eigenvalue weighted by Crippen LogP contribution is -2.55. The molecule has 14 heavy (non-hydrogen) atoms. The molecule has 1 rings (SSSR count). The average Bonchev–Trinajstić information content (AvgIpc) is 2.17. The van der Waals surface area contributed by atoms with Crippen LogP contribution in [0, 0.1) is 0 Å². The first-order chi connectivity index (χ1) is 6.70. The van der Waals surface area contributed by atoms with Gasteiger partial charge in [-0.1, -0.05) is 6.08 Å². The fourth-order valence-electron chi connectivity index (χ4n) is 1.75. The molecule has 0 spiro atoms. The van der Waals surface area contributed by atoms with Crippen LogP contribution in [-0.2, 0) is 4.79 Å². The molecule has 1 atom stereocenters. The number of aliphatic hydroxyl groups excluding tert-OH is 1. The molecule has 0 bridgehead atoms. The molecular formula is C10H18N2O2. The number of nitrogens with zero attached hydrogens (tertiary/aromatic N) is 2. The summed E-state index contributed by atoms with van der Waals surface area (Å²) in [5.41, 5.74) is 0. The number of carbonyl (C=O) groups excluding carboxylic acids is 1. The van der Waals surface area contributed by atoms with Crippen molar-refractivity contribution in [3.8, 4) is 0 Å². The molecule has 0 aliphatic carbocycles. The van der Waals surface area contributed by atoms with E-state index in [-0.39, 0.29) is 18.6 Å². The van der Waals surface area contributed by atoms with Crippen LogP contribution in [0.1, 0.15) is 6.42 Å². The van der Waals surface area contributed by atoms with Gasteiger partial charge < -0.3 is 10.0 Å². The highest BCUT2D eigenvalue weighted by Crippen LogP contribution is 2.12. The zero-order chi connectivity index (χ0) is 10.6. The molecule has 1 heterocycles. The van der Waals surface area contributed by atoms with Crippen molar-refractivity contribution < 1.29 is 9.90 Å². The first kappa shape index (κ1) is 11.2. The standard InChI is InChI=1S/C10H18N2O2/c1-3-5-12-7-6-11(2)9(4-8-13)10(12)14/h3,9,13H,1,4-8H2,2H3. The van der Waals surface area contributed by atoms with Crippen molar-refractivity contribution in [2.24, 2.45) is 0 Å². The number of rotatable bonds is 4. The minimum Gasteiger partial charge on any atom is -0.396 e. The lowest BCUT2D eigenvalue weighted by atomic mass is 10.1. The van der Waals surface area contributed by atoms with Gasteiger partial charge in [-0.15, -0.1) is 6.58 Å². The van der Waals surface area contributed by atoms with Crippen LogP contribution in [0.2, 0.25) is 0 Å². The monoisotopic (exact) mass is 198 g/mol. The van der Waals surface area contributed by atoms with Gasteiger partial charge in [0.2, 0.25) is 5.91 Å². The summed E-state index contributed by atoms with van der Waals surface area (Å²) in [5.74, 6) is 0.104. The van der Waals surface area contributed by atoms with E-state index < -0.39 is 0 Å². The molecule has 4 heteroatoms. The van der Waals surface area contributed by atoms with Gasteiger partial charge in [-0.25, -0.2) is 0 Å². The average molecular weight is 198 g/mol. The third-order valence-corrected chi connectivity index (χ3v) is 2.60. The maximum absolute atomic E-state index is 11.8. The molecule has 0 aromatic heterocycles. The zero-order valence-electron chi connectivity index (χ0n) is 8.65. The molecule has 0 radical (unpaired) electrons. The third-order valence-electron chi connectivity index (χ3n) is 2.60. The highest BCUT2D eigenvalue weighted by atomic mass is 16.3. The number of piperazine rings is 1. The van der Waals surface area contributed by atoms with Gasteiger partial charge >= 0.3 is 0 Å². The molecule has 1 fully saturated rings. The maximum atomic E-state index is 11.8. The second-order valence-electron chi connectivity index (χ2n) is 3.58. The lowest BCUT2D eigenvalue weighted by Gasteiger charge is -2.38. The van der Waals surface area contributed by atoms with E-state index in [1.807, 2.05) is 11.9 Å². The Balaban J connectivity index is 2.61. The fraction of sp³-hybridized carbons (Fsp3) is 0.700. The number of hydrogen-bond acceptors (Lipinski definition) is 3. The molecule has 1 N–H and O–H groups in total. The van der Waals surface area contributed by atoms with Gasteiger partial charge in [-0.05, 0) is 13.5 Å². The van der Waals surface area contributed by atoms with E-state index in [2.05, 4.69) is 6.58 Å². The van der Waals surface area contributed by atoms with Crippen molar-refractivity contribution in [1.29, 1.82) is 0 Å². The van der Waals surface area contributed by atoms with Crippen molar-refractivity contribution in [2.75, 3.05) is 33.3 Å². The summed E-state index contributed by atoms with van der Waals surface area (Å²) in [6.07, 6.45) is 2.25. The Hall–Kier alpha value is -0.870. The van der Waals surface area contributed by atoms with E-state index in [1.54, 1.807) is 11.0 Å². The summed E-state index contributed by atoms with van der Waals surface area (Å²) in [6, 6.07) is -0.159. The lowest BCUT2D eigenvalue weighted by molar-refractivity contribution is -0.140. The fourth-order valence-corrected chi connectivity index (χ4v) is 1.75. The first-order valence-electron chi connectivity index (χ1n) is 4.91. The minimum absolute atomic E-state index is 0.0582.